The molecule has 0 aliphatic heterocycles. The van der Waals surface area contributed by atoms with Gasteiger partial charge < -0.3 is 0 Å². The van der Waals surface area contributed by atoms with Gasteiger partial charge in [0.1, 0.15) is 0 Å². The first-order chi connectivity index (χ1) is 10.9. The van der Waals surface area contributed by atoms with Crippen molar-refractivity contribution in [1.29, 1.82) is 0 Å². The van der Waals surface area contributed by atoms with Crippen molar-refractivity contribution in [2.45, 2.75) is 35.5 Å². The van der Waals surface area contributed by atoms with E-state index in [9.17, 15) is 0 Å². The maximum Gasteiger partial charge on any atom is 0.0116 e. The highest BCUT2D eigenvalue weighted by Gasteiger charge is 2.19. The molecule has 1 unspecified atom stereocenters. The lowest BCUT2D eigenvalue weighted by molar-refractivity contribution is 0.491. The van der Waals surface area contributed by atoms with Crippen molar-refractivity contribution in [3.63, 3.8) is 0 Å². The van der Waals surface area contributed by atoms with Crippen LogP contribution in [-0.4, -0.2) is 5.75 Å². The molecule has 0 aromatic heterocycles. The van der Waals surface area contributed by atoms with E-state index in [0.29, 0.717) is 0 Å². The molecule has 0 nitrogen and oxygen atoms in total. The number of benzene rings is 2. The largest absolute Gasteiger partial charge is 0.126 e. The summed E-state index contributed by atoms with van der Waals surface area (Å²) in [4.78, 5) is 2.73. The molecular weight excluding hydrogens is 304 g/mol. The highest BCUT2D eigenvalue weighted by Crippen LogP contribution is 2.36. The molecule has 0 spiro atoms. The van der Waals surface area contributed by atoms with Crippen molar-refractivity contribution in [2.75, 3.05) is 5.75 Å². The summed E-state index contributed by atoms with van der Waals surface area (Å²) in [5.41, 5.74) is 1.66. The minimum Gasteiger partial charge on any atom is -0.126 e. The molecule has 3 rings (SSSR count). The van der Waals surface area contributed by atoms with Gasteiger partial charge in [-0.2, -0.15) is 0 Å². The number of hydrogen-bond donors (Lipinski definition) is 0. The van der Waals surface area contributed by atoms with Crippen molar-refractivity contribution in [2.24, 2.45) is 5.92 Å². The Balaban J connectivity index is 1.61. The second-order valence-corrected chi connectivity index (χ2v) is 7.73. The summed E-state index contributed by atoms with van der Waals surface area (Å²) < 4.78 is 0. The van der Waals surface area contributed by atoms with Gasteiger partial charge in [0.2, 0.25) is 0 Å². The molecule has 2 aromatic rings. The van der Waals surface area contributed by atoms with Gasteiger partial charge in [-0.1, -0.05) is 60.2 Å². The Labute approximate surface area is 142 Å². The number of allylic oxidation sites excluding steroid dienone is 1. The fourth-order valence-electron chi connectivity index (χ4n) is 2.81. The lowest BCUT2D eigenvalue weighted by atomic mass is 9.86. The summed E-state index contributed by atoms with van der Waals surface area (Å²) in [7, 11) is 0. The second kappa shape index (κ2) is 8.50. The van der Waals surface area contributed by atoms with E-state index in [1.54, 1.807) is 5.57 Å². The van der Waals surface area contributed by atoms with Crippen LogP contribution in [0.4, 0.5) is 0 Å². The first-order valence-electron chi connectivity index (χ1n) is 8.00. The zero-order chi connectivity index (χ0) is 15.0. The van der Waals surface area contributed by atoms with Crippen LogP contribution >= 0.6 is 23.5 Å². The number of rotatable bonds is 5. The molecule has 22 heavy (non-hydrogen) atoms. The molecule has 2 aromatic carbocycles. The third-order valence-electron chi connectivity index (χ3n) is 4.08. The van der Waals surface area contributed by atoms with E-state index in [0.717, 1.165) is 5.92 Å². The third kappa shape index (κ3) is 4.69. The second-order valence-electron chi connectivity index (χ2n) is 5.69. The Morgan fingerprint density at radius 3 is 2.27 bits per heavy atom. The van der Waals surface area contributed by atoms with Gasteiger partial charge in [-0.15, -0.1) is 11.8 Å². The van der Waals surface area contributed by atoms with E-state index in [1.165, 1.54) is 41.2 Å². The maximum absolute atomic E-state index is 2.42. The van der Waals surface area contributed by atoms with E-state index < -0.39 is 0 Å². The fraction of sp³-hybridized carbons (Fsp3) is 0.300. The number of thioether (sulfide) groups is 2. The molecule has 1 aliphatic rings. The summed E-state index contributed by atoms with van der Waals surface area (Å²) >= 11 is 3.88. The monoisotopic (exact) mass is 326 g/mol. The molecule has 114 valence electrons. The molecule has 0 saturated heterocycles. The molecule has 1 aliphatic carbocycles. The van der Waals surface area contributed by atoms with Gasteiger partial charge >= 0.3 is 0 Å². The summed E-state index contributed by atoms with van der Waals surface area (Å²) in [5, 5.41) is 2.42. The average molecular weight is 327 g/mol. The molecule has 1 atom stereocenters. The third-order valence-corrected chi connectivity index (χ3v) is 6.22. The highest BCUT2D eigenvalue weighted by atomic mass is 32.2. The van der Waals surface area contributed by atoms with Crippen LogP contribution in [0.2, 0.25) is 0 Å². The van der Waals surface area contributed by atoms with Crippen LogP contribution in [0.1, 0.15) is 25.7 Å². The number of hydrogen-bond acceptors (Lipinski definition) is 2. The van der Waals surface area contributed by atoms with Crippen LogP contribution in [0.15, 0.2) is 81.4 Å². The molecule has 2 heteroatoms. The van der Waals surface area contributed by atoms with Crippen LogP contribution in [-0.2, 0) is 0 Å². The molecule has 0 bridgehead atoms. The predicted molar refractivity (Wildman–Crippen MR) is 99.5 cm³/mol. The maximum atomic E-state index is 2.42. The Hall–Kier alpha value is -1.12. The Morgan fingerprint density at radius 1 is 0.864 bits per heavy atom. The summed E-state index contributed by atoms with van der Waals surface area (Å²) in [6, 6.07) is 21.5. The van der Waals surface area contributed by atoms with E-state index in [2.05, 4.69) is 66.1 Å². The molecule has 0 radical (unpaired) electrons. The van der Waals surface area contributed by atoms with Gasteiger partial charge in [0.15, 0.2) is 0 Å². The highest BCUT2D eigenvalue weighted by molar-refractivity contribution is 8.02. The van der Waals surface area contributed by atoms with Gasteiger partial charge in [-0.25, -0.2) is 0 Å². The Kier molecular flexibility index (Phi) is 6.09. The van der Waals surface area contributed by atoms with E-state index in [-0.39, 0.29) is 0 Å². The van der Waals surface area contributed by atoms with Crippen LogP contribution in [0.3, 0.4) is 0 Å². The van der Waals surface area contributed by atoms with Crippen LogP contribution in [0, 0.1) is 5.92 Å². The zero-order valence-electron chi connectivity index (χ0n) is 12.8. The average Bonchev–Trinajstić information content (AvgIpc) is 2.61. The first kappa shape index (κ1) is 15.8. The fourth-order valence-corrected chi connectivity index (χ4v) is 4.85. The molecule has 0 amide bonds. The topological polar surface area (TPSA) is 0 Å². The van der Waals surface area contributed by atoms with Gasteiger partial charge in [0.25, 0.3) is 0 Å². The molecule has 1 saturated carbocycles. The van der Waals surface area contributed by atoms with Gasteiger partial charge in [0.05, 0.1) is 0 Å². The standard InChI is InChI=1S/C20H22S2/c1-3-11-19(12-4-1)21-15-17-9-7-8-10-18(17)16-22-20-13-5-2-6-14-20/h1-6,11-15,18H,7-10,16H2/b17-15-. The predicted octanol–water partition coefficient (Wildman–Crippen LogP) is 6.65. The summed E-state index contributed by atoms with van der Waals surface area (Å²) in [6.07, 6.45) is 5.36. The van der Waals surface area contributed by atoms with Crippen molar-refractivity contribution < 1.29 is 0 Å². The quantitative estimate of drug-likeness (QED) is 0.564. The minimum atomic E-state index is 0.746. The van der Waals surface area contributed by atoms with Gasteiger partial charge in [-0.05, 0) is 54.9 Å². The minimum absolute atomic E-state index is 0.746. The molecule has 0 N–H and O–H groups in total. The molecular formula is C20H22S2. The summed E-state index contributed by atoms with van der Waals surface area (Å²) in [5.74, 6) is 1.96. The Bertz CT molecular complexity index is 590. The van der Waals surface area contributed by atoms with Crippen LogP contribution in [0.5, 0.6) is 0 Å². The summed E-state index contributed by atoms with van der Waals surface area (Å²) in [6.45, 7) is 0. The SMILES string of the molecule is C(/Sc1ccccc1)=C1\CCCCC1CSc1ccccc1. The molecule has 1 fully saturated rings. The van der Waals surface area contributed by atoms with Crippen molar-refractivity contribution in [3.8, 4) is 0 Å². The van der Waals surface area contributed by atoms with E-state index in [4.69, 9.17) is 0 Å². The van der Waals surface area contributed by atoms with Crippen molar-refractivity contribution in [1.82, 2.24) is 0 Å². The first-order valence-corrected chi connectivity index (χ1v) is 9.87. The lowest BCUT2D eigenvalue weighted by Gasteiger charge is -2.25. The van der Waals surface area contributed by atoms with Crippen molar-refractivity contribution in [3.05, 3.63) is 71.6 Å². The normalized spacial score (nSPS) is 20.2. The van der Waals surface area contributed by atoms with Crippen LogP contribution < -0.4 is 0 Å². The van der Waals surface area contributed by atoms with Crippen LogP contribution in [0.25, 0.3) is 0 Å². The van der Waals surface area contributed by atoms with E-state index in [1.807, 2.05) is 23.5 Å². The van der Waals surface area contributed by atoms with Crippen molar-refractivity contribution >= 4 is 23.5 Å². The van der Waals surface area contributed by atoms with Gasteiger partial charge in [0, 0.05) is 15.5 Å². The zero-order valence-corrected chi connectivity index (χ0v) is 14.4. The smallest absolute Gasteiger partial charge is 0.0116 e. The lowest BCUT2D eigenvalue weighted by Crippen LogP contribution is -2.12. The Morgan fingerprint density at radius 2 is 1.55 bits per heavy atom. The van der Waals surface area contributed by atoms with E-state index >= 15 is 0 Å². The van der Waals surface area contributed by atoms with Gasteiger partial charge in [-0.3, -0.25) is 0 Å². The molecule has 0 heterocycles.